The number of anilines is 1. The van der Waals surface area contributed by atoms with Gasteiger partial charge in [-0.2, -0.15) is 8.78 Å². The lowest BCUT2D eigenvalue weighted by atomic mass is 10.0. The standard InChI is InChI=1S/C25H16F5NO5/c1-11-15-9-13(31-17(32)10-35-25-21(29)19(27)18(26)20(28)22(25)30)5-8-16(15)36-24(11)23(33)12-3-6-14(34-2)7-4-12/h3-9H,10H2,1-2H3,(H,31,32). The van der Waals surface area contributed by atoms with Crippen LogP contribution in [-0.2, 0) is 4.79 Å². The Kier molecular flexibility index (Phi) is 6.65. The van der Waals surface area contributed by atoms with Gasteiger partial charge in [0.1, 0.15) is 11.3 Å². The third-order valence-corrected chi connectivity index (χ3v) is 5.30. The van der Waals surface area contributed by atoms with Gasteiger partial charge >= 0.3 is 0 Å². The number of benzene rings is 3. The van der Waals surface area contributed by atoms with Crippen LogP contribution in [0.2, 0.25) is 0 Å². The fraction of sp³-hybridized carbons (Fsp3) is 0.120. The fourth-order valence-electron chi connectivity index (χ4n) is 3.44. The monoisotopic (exact) mass is 505 g/mol. The van der Waals surface area contributed by atoms with Crippen molar-refractivity contribution < 1.29 is 45.4 Å². The summed E-state index contributed by atoms with van der Waals surface area (Å²) in [5, 5.41) is 2.89. The maximum atomic E-state index is 13.7. The summed E-state index contributed by atoms with van der Waals surface area (Å²) in [5.41, 5.74) is 1.44. The molecule has 4 aromatic rings. The highest BCUT2D eigenvalue weighted by molar-refractivity contribution is 6.11. The summed E-state index contributed by atoms with van der Waals surface area (Å²) in [6, 6.07) is 10.9. The average molecular weight is 505 g/mol. The lowest BCUT2D eigenvalue weighted by molar-refractivity contribution is -0.118. The van der Waals surface area contributed by atoms with Crippen molar-refractivity contribution in [3.63, 3.8) is 0 Å². The van der Waals surface area contributed by atoms with E-state index in [9.17, 15) is 31.5 Å². The highest BCUT2D eigenvalue weighted by Gasteiger charge is 2.27. The van der Waals surface area contributed by atoms with E-state index >= 15 is 0 Å². The molecular weight excluding hydrogens is 489 g/mol. The van der Waals surface area contributed by atoms with Crippen molar-refractivity contribution in [2.45, 2.75) is 6.92 Å². The Morgan fingerprint density at radius 2 is 1.50 bits per heavy atom. The predicted molar refractivity (Wildman–Crippen MR) is 118 cm³/mol. The Hall–Kier alpha value is -4.41. The van der Waals surface area contributed by atoms with Gasteiger partial charge in [0.25, 0.3) is 5.91 Å². The molecule has 6 nitrogen and oxygen atoms in total. The number of ketones is 1. The molecule has 0 saturated heterocycles. The van der Waals surface area contributed by atoms with Crippen molar-refractivity contribution in [1.82, 2.24) is 0 Å². The number of furan rings is 1. The molecule has 0 atom stereocenters. The Bertz CT molecular complexity index is 1470. The third-order valence-electron chi connectivity index (χ3n) is 5.30. The summed E-state index contributed by atoms with van der Waals surface area (Å²) in [5.74, 6) is -13.3. The largest absolute Gasteiger partial charge is 0.497 e. The number of carbonyl (C=O) groups is 2. The van der Waals surface area contributed by atoms with Crippen LogP contribution in [0, 0.1) is 36.0 Å². The van der Waals surface area contributed by atoms with Gasteiger partial charge in [-0.3, -0.25) is 9.59 Å². The van der Waals surface area contributed by atoms with Crippen LogP contribution in [-0.4, -0.2) is 25.4 Å². The molecule has 11 heteroatoms. The maximum absolute atomic E-state index is 13.7. The first-order valence-corrected chi connectivity index (χ1v) is 10.3. The number of aryl methyl sites for hydroxylation is 1. The summed E-state index contributed by atoms with van der Waals surface area (Å²) < 4.78 is 82.4. The van der Waals surface area contributed by atoms with E-state index in [4.69, 9.17) is 9.15 Å². The number of methoxy groups -OCH3 is 1. The highest BCUT2D eigenvalue weighted by Crippen LogP contribution is 2.31. The number of rotatable bonds is 7. The van der Waals surface area contributed by atoms with Crippen LogP contribution in [0.3, 0.4) is 0 Å². The second kappa shape index (κ2) is 9.68. The number of hydrogen-bond donors (Lipinski definition) is 1. The molecular formula is C25H16F5NO5. The number of ether oxygens (including phenoxy) is 2. The van der Waals surface area contributed by atoms with Gasteiger partial charge in [0.05, 0.1) is 7.11 Å². The topological polar surface area (TPSA) is 77.8 Å². The molecule has 0 unspecified atom stereocenters. The molecule has 0 aliphatic rings. The van der Waals surface area contributed by atoms with Crippen LogP contribution in [0.25, 0.3) is 11.0 Å². The van der Waals surface area contributed by atoms with E-state index in [2.05, 4.69) is 10.1 Å². The summed E-state index contributed by atoms with van der Waals surface area (Å²) in [6.07, 6.45) is 0. The van der Waals surface area contributed by atoms with E-state index in [-0.39, 0.29) is 17.2 Å². The van der Waals surface area contributed by atoms with Crippen molar-refractivity contribution in [3.8, 4) is 11.5 Å². The molecule has 0 bridgehead atoms. The molecule has 0 radical (unpaired) electrons. The van der Waals surface area contributed by atoms with Gasteiger partial charge in [0.15, 0.2) is 18.1 Å². The van der Waals surface area contributed by atoms with Crippen molar-refractivity contribution in [3.05, 3.63) is 88.4 Å². The fourth-order valence-corrected chi connectivity index (χ4v) is 3.44. The zero-order valence-corrected chi connectivity index (χ0v) is 18.7. The molecule has 36 heavy (non-hydrogen) atoms. The number of halogens is 5. The SMILES string of the molecule is COc1ccc(C(=O)c2oc3ccc(NC(=O)COc4c(F)c(F)c(F)c(F)c4F)cc3c2C)cc1. The van der Waals surface area contributed by atoms with Crippen LogP contribution >= 0.6 is 0 Å². The average Bonchev–Trinajstić information content (AvgIpc) is 3.21. The molecule has 1 N–H and O–H groups in total. The van der Waals surface area contributed by atoms with Gasteiger partial charge in [-0.05, 0) is 49.4 Å². The lowest BCUT2D eigenvalue weighted by Crippen LogP contribution is -2.21. The third kappa shape index (κ3) is 4.47. The molecule has 0 aliphatic carbocycles. The number of nitrogens with one attached hydrogen (secondary N) is 1. The van der Waals surface area contributed by atoms with E-state index in [1.165, 1.54) is 25.3 Å². The Morgan fingerprint density at radius 3 is 2.11 bits per heavy atom. The van der Waals surface area contributed by atoms with E-state index in [0.29, 0.717) is 27.8 Å². The second-order valence-electron chi connectivity index (χ2n) is 7.56. The van der Waals surface area contributed by atoms with E-state index < -0.39 is 47.3 Å². The highest BCUT2D eigenvalue weighted by atomic mass is 19.2. The van der Waals surface area contributed by atoms with Crippen molar-refractivity contribution in [1.29, 1.82) is 0 Å². The van der Waals surface area contributed by atoms with Crippen LogP contribution in [0.1, 0.15) is 21.7 Å². The first kappa shape index (κ1) is 24.7. The summed E-state index contributed by atoms with van der Waals surface area (Å²) in [7, 11) is 1.50. The van der Waals surface area contributed by atoms with Crippen molar-refractivity contribution >= 4 is 28.3 Å². The Morgan fingerprint density at radius 1 is 0.889 bits per heavy atom. The summed E-state index contributed by atoms with van der Waals surface area (Å²) in [6.45, 7) is 0.614. The molecule has 1 amide bonds. The molecule has 1 aromatic heterocycles. The molecule has 1 heterocycles. The van der Waals surface area contributed by atoms with Gasteiger partial charge in [-0.25, -0.2) is 13.2 Å². The Labute approximate surface area is 200 Å². The van der Waals surface area contributed by atoms with Crippen molar-refractivity contribution in [2.24, 2.45) is 0 Å². The van der Waals surface area contributed by atoms with Crippen LogP contribution in [0.15, 0.2) is 46.9 Å². The van der Waals surface area contributed by atoms with Gasteiger partial charge in [0, 0.05) is 22.2 Å². The first-order valence-electron chi connectivity index (χ1n) is 10.3. The zero-order valence-electron chi connectivity index (χ0n) is 18.7. The van der Waals surface area contributed by atoms with Gasteiger partial charge in [-0.15, -0.1) is 0 Å². The van der Waals surface area contributed by atoms with Crippen LogP contribution < -0.4 is 14.8 Å². The van der Waals surface area contributed by atoms with Gasteiger partial charge < -0.3 is 19.2 Å². The van der Waals surface area contributed by atoms with Gasteiger partial charge in [-0.1, -0.05) is 0 Å². The minimum absolute atomic E-state index is 0.0910. The second-order valence-corrected chi connectivity index (χ2v) is 7.56. The smallest absolute Gasteiger partial charge is 0.262 e. The minimum Gasteiger partial charge on any atom is -0.497 e. The number of carbonyl (C=O) groups excluding carboxylic acids is 2. The molecule has 0 saturated carbocycles. The first-order chi connectivity index (χ1) is 17.1. The molecule has 0 spiro atoms. The van der Waals surface area contributed by atoms with Crippen molar-refractivity contribution in [2.75, 3.05) is 19.0 Å². The summed E-state index contributed by atoms with van der Waals surface area (Å²) in [4.78, 5) is 25.1. The van der Waals surface area contributed by atoms with E-state index in [1.54, 1.807) is 31.2 Å². The predicted octanol–water partition coefficient (Wildman–Crippen LogP) is 5.69. The minimum atomic E-state index is -2.34. The van der Waals surface area contributed by atoms with E-state index in [0.717, 1.165) is 0 Å². The number of hydrogen-bond acceptors (Lipinski definition) is 5. The quantitative estimate of drug-likeness (QED) is 0.151. The van der Waals surface area contributed by atoms with Crippen LogP contribution in [0.4, 0.5) is 27.6 Å². The summed E-state index contributed by atoms with van der Waals surface area (Å²) >= 11 is 0. The van der Waals surface area contributed by atoms with Gasteiger partial charge in [0.2, 0.25) is 34.9 Å². The normalized spacial score (nSPS) is 11.0. The lowest BCUT2D eigenvalue weighted by Gasteiger charge is -2.10. The number of amides is 1. The zero-order chi connectivity index (χ0) is 26.1. The Balaban J connectivity index is 1.51. The number of fused-ring (bicyclic) bond motifs is 1. The molecule has 3 aromatic carbocycles. The molecule has 0 aliphatic heterocycles. The molecule has 0 fully saturated rings. The maximum Gasteiger partial charge on any atom is 0.262 e. The van der Waals surface area contributed by atoms with Crippen LogP contribution in [0.5, 0.6) is 11.5 Å². The molecule has 4 rings (SSSR count). The van der Waals surface area contributed by atoms with E-state index in [1.807, 2.05) is 0 Å². The molecule has 186 valence electrons.